The molecule has 38 heavy (non-hydrogen) atoms. The Morgan fingerprint density at radius 1 is 0.737 bits per heavy atom. The molecule has 2 fully saturated rings. The van der Waals surface area contributed by atoms with Crippen molar-refractivity contribution in [2.75, 3.05) is 0 Å². The van der Waals surface area contributed by atoms with Crippen LogP contribution in [-0.4, -0.2) is 6.36 Å². The predicted octanol–water partition coefficient (Wildman–Crippen LogP) is 10.4. The smallest absolute Gasteiger partial charge is 0.454 e. The number of benzene rings is 2. The van der Waals surface area contributed by atoms with Crippen LogP contribution < -0.4 is 9.47 Å². The lowest BCUT2D eigenvalue weighted by molar-refractivity contribution is -0.274. The highest BCUT2D eigenvalue weighted by atomic mass is 19.4. The van der Waals surface area contributed by atoms with Gasteiger partial charge in [0, 0.05) is 5.56 Å². The highest BCUT2D eigenvalue weighted by Gasteiger charge is 2.32. The highest BCUT2D eigenvalue weighted by Crippen LogP contribution is 2.43. The number of ether oxygens (including phenoxy) is 2. The van der Waals surface area contributed by atoms with Crippen molar-refractivity contribution in [3.63, 3.8) is 0 Å². The van der Waals surface area contributed by atoms with Gasteiger partial charge in [0.1, 0.15) is 17.3 Å². The second kappa shape index (κ2) is 13.2. The molecule has 0 radical (unpaired) electrons. The van der Waals surface area contributed by atoms with Crippen LogP contribution in [-0.2, 0) is 6.42 Å². The summed E-state index contributed by atoms with van der Waals surface area (Å²) >= 11 is 0. The maximum absolute atomic E-state index is 15.2. The van der Waals surface area contributed by atoms with Crippen LogP contribution in [0.25, 0.3) is 0 Å². The zero-order valence-corrected chi connectivity index (χ0v) is 22.2. The van der Waals surface area contributed by atoms with E-state index in [2.05, 4.69) is 11.7 Å². The SMILES string of the molecule is CCCCC1CCC(C2CCC(CCc3c(F)ccc(Oc4ccc(OC(F)(F)F)cc4)c3F)CC2)CC1. The van der Waals surface area contributed by atoms with Gasteiger partial charge in [-0.1, -0.05) is 51.9 Å². The van der Waals surface area contributed by atoms with Crippen molar-refractivity contribution < 1.29 is 31.4 Å². The number of alkyl halides is 3. The molecule has 2 aromatic carbocycles. The minimum Gasteiger partial charge on any atom is -0.454 e. The molecule has 0 heterocycles. The van der Waals surface area contributed by atoms with E-state index in [1.165, 1.54) is 82.1 Å². The van der Waals surface area contributed by atoms with Crippen LogP contribution in [0, 0.1) is 35.3 Å². The summed E-state index contributed by atoms with van der Waals surface area (Å²) in [6, 6.07) is 7.05. The highest BCUT2D eigenvalue weighted by molar-refractivity contribution is 5.38. The average Bonchev–Trinajstić information content (AvgIpc) is 2.90. The van der Waals surface area contributed by atoms with Crippen LogP contribution in [0.15, 0.2) is 36.4 Å². The molecule has 0 atom stereocenters. The van der Waals surface area contributed by atoms with Crippen molar-refractivity contribution in [3.05, 3.63) is 53.6 Å². The van der Waals surface area contributed by atoms with Crippen LogP contribution in [0.2, 0.25) is 0 Å². The third-order valence-electron chi connectivity index (χ3n) is 8.65. The van der Waals surface area contributed by atoms with Gasteiger partial charge >= 0.3 is 6.36 Å². The standard InChI is InChI=1S/C31H39F5O2/c1-2-3-4-21-5-10-23(11-6-21)24-12-7-22(8-13-24)9-18-27-28(32)19-20-29(30(27)33)37-25-14-16-26(17-15-25)38-31(34,35)36/h14-17,19-24H,2-13,18H2,1H3. The average molecular weight is 539 g/mol. The van der Waals surface area contributed by atoms with Gasteiger partial charge in [-0.05, 0) is 98.6 Å². The van der Waals surface area contributed by atoms with E-state index in [1.807, 2.05) is 0 Å². The van der Waals surface area contributed by atoms with Gasteiger partial charge in [0.15, 0.2) is 11.6 Å². The molecule has 4 rings (SSSR count). The lowest BCUT2D eigenvalue weighted by Crippen LogP contribution is -2.26. The van der Waals surface area contributed by atoms with Crippen molar-refractivity contribution in [3.8, 4) is 17.2 Å². The summed E-state index contributed by atoms with van der Waals surface area (Å²) in [4.78, 5) is 0. The Labute approximate surface area is 222 Å². The van der Waals surface area contributed by atoms with Gasteiger partial charge in [-0.2, -0.15) is 0 Å². The van der Waals surface area contributed by atoms with Crippen LogP contribution >= 0.6 is 0 Å². The minimum absolute atomic E-state index is 0.00653. The molecule has 2 aliphatic carbocycles. The molecule has 210 valence electrons. The van der Waals surface area contributed by atoms with Gasteiger partial charge in [-0.25, -0.2) is 8.78 Å². The fourth-order valence-electron chi connectivity index (χ4n) is 6.46. The first-order chi connectivity index (χ1) is 18.2. The summed E-state index contributed by atoms with van der Waals surface area (Å²) in [5.41, 5.74) is 0.00653. The van der Waals surface area contributed by atoms with Gasteiger partial charge in [-0.15, -0.1) is 13.2 Å². The third-order valence-corrected chi connectivity index (χ3v) is 8.65. The molecular weight excluding hydrogens is 499 g/mol. The molecule has 0 N–H and O–H groups in total. The van der Waals surface area contributed by atoms with Crippen LogP contribution in [0.5, 0.6) is 17.2 Å². The maximum Gasteiger partial charge on any atom is 0.573 e. The molecule has 0 spiro atoms. The van der Waals surface area contributed by atoms with E-state index in [9.17, 15) is 17.6 Å². The fraction of sp³-hybridized carbons (Fsp3) is 0.613. The zero-order valence-electron chi connectivity index (χ0n) is 22.2. The van der Waals surface area contributed by atoms with Gasteiger partial charge in [0.25, 0.3) is 0 Å². The Balaban J connectivity index is 1.26. The van der Waals surface area contributed by atoms with Crippen LogP contribution in [0.3, 0.4) is 0 Å². The normalized spacial score (nSPS) is 24.3. The number of unbranched alkanes of at least 4 members (excludes halogenated alkanes) is 1. The predicted molar refractivity (Wildman–Crippen MR) is 138 cm³/mol. The van der Waals surface area contributed by atoms with Crippen LogP contribution in [0.1, 0.15) is 89.5 Å². The molecule has 0 amide bonds. The van der Waals surface area contributed by atoms with E-state index in [4.69, 9.17) is 4.74 Å². The molecule has 2 nitrogen and oxygen atoms in total. The zero-order chi connectivity index (χ0) is 27.1. The molecule has 2 aliphatic rings. The third kappa shape index (κ3) is 8.09. The lowest BCUT2D eigenvalue weighted by Gasteiger charge is -2.38. The summed E-state index contributed by atoms with van der Waals surface area (Å²) in [7, 11) is 0. The number of hydrogen-bond acceptors (Lipinski definition) is 2. The van der Waals surface area contributed by atoms with E-state index < -0.39 is 23.7 Å². The Bertz CT molecular complexity index is 1000. The quantitative estimate of drug-likeness (QED) is 0.280. The van der Waals surface area contributed by atoms with Crippen molar-refractivity contribution in [2.24, 2.45) is 23.7 Å². The van der Waals surface area contributed by atoms with Gasteiger partial charge in [-0.3, -0.25) is 0 Å². The molecule has 0 aliphatic heterocycles. The first kappa shape index (κ1) is 28.7. The fourth-order valence-corrected chi connectivity index (χ4v) is 6.46. The Kier molecular flexibility index (Phi) is 9.94. The molecule has 0 bridgehead atoms. The topological polar surface area (TPSA) is 18.5 Å². The second-order valence-electron chi connectivity index (χ2n) is 11.2. The molecule has 2 saturated carbocycles. The van der Waals surface area contributed by atoms with Gasteiger partial charge < -0.3 is 9.47 Å². The van der Waals surface area contributed by atoms with E-state index in [1.54, 1.807) is 0 Å². The minimum atomic E-state index is -4.80. The van der Waals surface area contributed by atoms with Crippen LogP contribution in [0.4, 0.5) is 22.0 Å². The number of halogens is 5. The van der Waals surface area contributed by atoms with E-state index in [0.717, 1.165) is 49.1 Å². The Morgan fingerprint density at radius 2 is 1.29 bits per heavy atom. The van der Waals surface area contributed by atoms with Crippen molar-refractivity contribution in [1.29, 1.82) is 0 Å². The number of hydrogen-bond donors (Lipinski definition) is 0. The summed E-state index contributed by atoms with van der Waals surface area (Å²) in [6.07, 6.45) is 10.4. The Morgan fingerprint density at radius 3 is 1.84 bits per heavy atom. The monoisotopic (exact) mass is 538 g/mol. The second-order valence-corrected chi connectivity index (χ2v) is 11.2. The van der Waals surface area contributed by atoms with Crippen molar-refractivity contribution in [2.45, 2.75) is 96.8 Å². The first-order valence-electron chi connectivity index (χ1n) is 14.2. The molecule has 7 heteroatoms. The maximum atomic E-state index is 15.2. The first-order valence-corrected chi connectivity index (χ1v) is 14.2. The van der Waals surface area contributed by atoms with Gasteiger partial charge in [0.2, 0.25) is 0 Å². The summed E-state index contributed by atoms with van der Waals surface area (Å²) in [5.74, 6) is 1.28. The molecule has 0 aromatic heterocycles. The summed E-state index contributed by atoms with van der Waals surface area (Å²) < 4.78 is 76.1. The summed E-state index contributed by atoms with van der Waals surface area (Å²) in [6.45, 7) is 2.26. The largest absolute Gasteiger partial charge is 0.573 e. The van der Waals surface area contributed by atoms with E-state index in [0.29, 0.717) is 12.3 Å². The summed E-state index contributed by atoms with van der Waals surface area (Å²) in [5, 5.41) is 0. The molecular formula is C31H39F5O2. The molecule has 0 unspecified atom stereocenters. The van der Waals surface area contributed by atoms with Crippen molar-refractivity contribution >= 4 is 0 Å². The number of rotatable bonds is 10. The van der Waals surface area contributed by atoms with E-state index in [-0.39, 0.29) is 17.1 Å². The van der Waals surface area contributed by atoms with E-state index >= 15 is 4.39 Å². The van der Waals surface area contributed by atoms with Crippen molar-refractivity contribution in [1.82, 2.24) is 0 Å². The Hall–Kier alpha value is -2.31. The molecule has 2 aromatic rings. The lowest BCUT2D eigenvalue weighted by atomic mass is 9.68. The van der Waals surface area contributed by atoms with Gasteiger partial charge in [0.05, 0.1) is 0 Å². The molecule has 0 saturated heterocycles.